The number of primary amides is 1. The Hall–Kier alpha value is -3.85. The van der Waals surface area contributed by atoms with Crippen molar-refractivity contribution in [1.82, 2.24) is 0 Å². The number of fused-ring (bicyclic) bond motifs is 3. The number of nitrogens with two attached hydrogens (primary N) is 1. The van der Waals surface area contributed by atoms with Crippen LogP contribution in [0.3, 0.4) is 0 Å². The van der Waals surface area contributed by atoms with Gasteiger partial charge in [0.2, 0.25) is 5.78 Å². The highest BCUT2D eigenvalue weighted by Crippen LogP contribution is 2.52. The summed E-state index contributed by atoms with van der Waals surface area (Å²) in [6.07, 6.45) is 1.52. The monoisotopic (exact) mass is 437 g/mol. The molecule has 0 fully saturated rings. The second-order valence-corrected chi connectivity index (χ2v) is 8.37. The molecule has 0 saturated heterocycles. The molecule has 2 aromatic rings. The lowest BCUT2D eigenvalue weighted by atomic mass is 9.60. The summed E-state index contributed by atoms with van der Waals surface area (Å²) in [5.74, 6) is -5.99. The van der Waals surface area contributed by atoms with E-state index in [-0.39, 0.29) is 36.1 Å². The molecule has 3 atom stereocenters. The third-order valence-electron chi connectivity index (χ3n) is 6.73. The Bertz CT molecular complexity index is 1270. The summed E-state index contributed by atoms with van der Waals surface area (Å²) in [5.41, 5.74) is 2.72. The van der Waals surface area contributed by atoms with Gasteiger partial charge in [0.1, 0.15) is 28.6 Å². The van der Waals surface area contributed by atoms with Gasteiger partial charge in [-0.3, -0.25) is 14.4 Å². The van der Waals surface area contributed by atoms with Crippen molar-refractivity contribution in [3.63, 3.8) is 0 Å². The van der Waals surface area contributed by atoms with Crippen molar-refractivity contribution in [2.45, 2.75) is 24.9 Å². The zero-order valence-electron chi connectivity index (χ0n) is 16.7. The lowest BCUT2D eigenvalue weighted by molar-refractivity contribution is -0.144. The first-order valence-electron chi connectivity index (χ1n) is 10.0. The molecule has 0 unspecified atom stereocenters. The number of benzene rings is 1. The number of aliphatic hydroxyl groups is 3. The molecule has 1 aromatic heterocycles. The average Bonchev–Trinajstić information content (AvgIpc) is 3.25. The molecule has 1 heterocycles. The number of furan rings is 1. The van der Waals surface area contributed by atoms with Crippen LogP contribution in [-0.2, 0) is 16.0 Å². The van der Waals surface area contributed by atoms with Gasteiger partial charge in [-0.2, -0.15) is 0 Å². The van der Waals surface area contributed by atoms with Gasteiger partial charge in [-0.1, -0.05) is 0 Å². The van der Waals surface area contributed by atoms with Gasteiger partial charge in [-0.25, -0.2) is 0 Å². The van der Waals surface area contributed by atoms with Crippen LogP contribution in [0, 0.1) is 11.8 Å². The number of carbonyl (C=O) groups excluding carboxylic acids is 3. The topological polar surface area (TPSA) is 171 Å². The molecule has 0 radical (unpaired) electrons. The van der Waals surface area contributed by atoms with E-state index in [0.29, 0.717) is 16.9 Å². The number of rotatable bonds is 2. The van der Waals surface area contributed by atoms with E-state index in [4.69, 9.17) is 10.2 Å². The Balaban J connectivity index is 1.70. The number of allylic oxidation sites excluding steroid dienone is 2. The predicted octanol–water partition coefficient (Wildman–Crippen LogP) is 1.84. The summed E-state index contributed by atoms with van der Waals surface area (Å²) >= 11 is 0. The summed E-state index contributed by atoms with van der Waals surface area (Å²) in [5, 5.41) is 42.8. The van der Waals surface area contributed by atoms with Crippen molar-refractivity contribution in [2.24, 2.45) is 17.6 Å². The van der Waals surface area contributed by atoms with E-state index >= 15 is 0 Å². The molecule has 9 nitrogen and oxygen atoms in total. The molecule has 3 aliphatic carbocycles. The quantitative estimate of drug-likeness (QED) is 0.443. The van der Waals surface area contributed by atoms with Gasteiger partial charge in [0.25, 0.3) is 5.91 Å². The van der Waals surface area contributed by atoms with Crippen LogP contribution < -0.4 is 5.73 Å². The Morgan fingerprint density at radius 3 is 2.53 bits per heavy atom. The number of phenols is 1. The number of phenolic OH excluding ortho intramolecular Hbond substituents is 1. The molecule has 5 rings (SSSR count). The maximum Gasteiger partial charge on any atom is 0.255 e. The van der Waals surface area contributed by atoms with E-state index in [1.54, 1.807) is 18.2 Å². The van der Waals surface area contributed by atoms with Gasteiger partial charge in [-0.15, -0.1) is 0 Å². The molecule has 164 valence electrons. The number of carbonyl (C=O) groups is 3. The highest BCUT2D eigenvalue weighted by molar-refractivity contribution is 6.24. The number of aromatic hydroxyl groups is 1. The van der Waals surface area contributed by atoms with Gasteiger partial charge >= 0.3 is 0 Å². The van der Waals surface area contributed by atoms with E-state index < -0.39 is 52.0 Å². The third-order valence-corrected chi connectivity index (χ3v) is 6.73. The minimum absolute atomic E-state index is 0.0458. The fourth-order valence-electron chi connectivity index (χ4n) is 5.28. The van der Waals surface area contributed by atoms with Crippen molar-refractivity contribution in [3.8, 4) is 17.1 Å². The zero-order chi connectivity index (χ0) is 22.9. The van der Waals surface area contributed by atoms with E-state index in [1.807, 2.05) is 0 Å². The second kappa shape index (κ2) is 6.57. The first kappa shape index (κ1) is 20.1. The molecule has 0 aliphatic heterocycles. The van der Waals surface area contributed by atoms with Crippen LogP contribution in [0.25, 0.3) is 11.3 Å². The predicted molar refractivity (Wildman–Crippen MR) is 109 cm³/mol. The van der Waals surface area contributed by atoms with Crippen LogP contribution in [-0.4, -0.2) is 43.5 Å². The van der Waals surface area contributed by atoms with Crippen LogP contribution in [0.4, 0.5) is 0 Å². The summed E-state index contributed by atoms with van der Waals surface area (Å²) in [6.45, 7) is 0. The highest BCUT2D eigenvalue weighted by Gasteiger charge is 2.59. The lowest BCUT2D eigenvalue weighted by Crippen LogP contribution is -2.57. The van der Waals surface area contributed by atoms with Crippen molar-refractivity contribution < 1.29 is 39.2 Å². The summed E-state index contributed by atoms with van der Waals surface area (Å²) in [6, 6.07) is 6.38. The Labute approximate surface area is 181 Å². The molecule has 0 bridgehead atoms. The number of aliphatic hydroxyl groups excluding tert-OH is 2. The summed E-state index contributed by atoms with van der Waals surface area (Å²) in [4.78, 5) is 38.0. The molecule has 9 heteroatoms. The second-order valence-electron chi connectivity index (χ2n) is 8.37. The number of hydrogen-bond donors (Lipinski definition) is 5. The molecule has 1 aromatic carbocycles. The zero-order valence-corrected chi connectivity index (χ0v) is 16.7. The van der Waals surface area contributed by atoms with Gasteiger partial charge in [0, 0.05) is 23.5 Å². The average molecular weight is 437 g/mol. The molecule has 1 amide bonds. The van der Waals surface area contributed by atoms with Crippen LogP contribution in [0.15, 0.2) is 57.6 Å². The van der Waals surface area contributed by atoms with Crippen LogP contribution in [0.1, 0.15) is 28.8 Å². The summed E-state index contributed by atoms with van der Waals surface area (Å²) < 4.78 is 5.46. The van der Waals surface area contributed by atoms with E-state index in [1.165, 1.54) is 12.3 Å². The Kier molecular flexibility index (Phi) is 4.12. The number of amides is 1. The van der Waals surface area contributed by atoms with E-state index in [2.05, 4.69) is 0 Å². The summed E-state index contributed by atoms with van der Waals surface area (Å²) in [7, 11) is 0. The van der Waals surface area contributed by atoms with Gasteiger partial charge < -0.3 is 30.6 Å². The molecule has 3 aliphatic rings. The SMILES string of the molecule is NC(=O)C1=C(O)C[C@@H]2C[C@@H]3Cc4c(-c5ccco5)ccc(O)c4C(=O)C3=C(O)[C@]2(O)C1=O. The fraction of sp³-hybridized carbons (Fsp3) is 0.261. The molecule has 6 N–H and O–H groups in total. The minimum Gasteiger partial charge on any atom is -0.511 e. The lowest BCUT2D eigenvalue weighted by Gasteiger charge is -2.45. The molecule has 0 spiro atoms. The number of Topliss-reactive ketones (excluding diaryl/α,β-unsaturated/α-hetero) is 2. The first-order chi connectivity index (χ1) is 15.2. The van der Waals surface area contributed by atoms with Gasteiger partial charge in [0.15, 0.2) is 11.4 Å². The van der Waals surface area contributed by atoms with Crippen LogP contribution in [0.2, 0.25) is 0 Å². The largest absolute Gasteiger partial charge is 0.511 e. The Morgan fingerprint density at radius 2 is 1.88 bits per heavy atom. The smallest absolute Gasteiger partial charge is 0.255 e. The first-order valence-corrected chi connectivity index (χ1v) is 10.0. The number of ketones is 2. The van der Waals surface area contributed by atoms with Crippen LogP contribution >= 0.6 is 0 Å². The maximum atomic E-state index is 13.4. The standard InChI is InChI=1S/C23H19NO8/c24-22(30)18-14(26)8-10-6-9-7-12-11(15-2-1-5-32-15)3-4-13(25)17(12)19(27)16(9)20(28)23(10,31)21(18)29/h1-5,9-10,25-26,28,31H,6-8H2,(H2,24,30)/t9-,10+,23+/m1/s1. The minimum atomic E-state index is -2.57. The molecule has 32 heavy (non-hydrogen) atoms. The van der Waals surface area contributed by atoms with E-state index in [9.17, 15) is 34.8 Å². The normalized spacial score (nSPS) is 27.2. The van der Waals surface area contributed by atoms with Crippen molar-refractivity contribution in [1.29, 1.82) is 0 Å². The number of hydrogen-bond acceptors (Lipinski definition) is 8. The van der Waals surface area contributed by atoms with Crippen molar-refractivity contribution in [3.05, 3.63) is 64.3 Å². The molecule has 0 saturated carbocycles. The third kappa shape index (κ3) is 2.45. The van der Waals surface area contributed by atoms with Crippen molar-refractivity contribution in [2.75, 3.05) is 0 Å². The van der Waals surface area contributed by atoms with E-state index in [0.717, 1.165) is 0 Å². The van der Waals surface area contributed by atoms with Gasteiger partial charge in [-0.05, 0) is 48.6 Å². The van der Waals surface area contributed by atoms with Crippen LogP contribution in [0.5, 0.6) is 5.75 Å². The van der Waals surface area contributed by atoms with Gasteiger partial charge in [0.05, 0.1) is 11.8 Å². The maximum absolute atomic E-state index is 13.4. The molecular weight excluding hydrogens is 418 g/mol. The highest BCUT2D eigenvalue weighted by atomic mass is 16.3. The molecular formula is C23H19NO8. The fourth-order valence-corrected chi connectivity index (χ4v) is 5.28. The Morgan fingerprint density at radius 1 is 1.12 bits per heavy atom. The van der Waals surface area contributed by atoms with Crippen molar-refractivity contribution >= 4 is 17.5 Å².